The number of ketones is 1. The van der Waals surface area contributed by atoms with Gasteiger partial charge in [-0.15, -0.1) is 0 Å². The Kier molecular flexibility index (Phi) is 5.81. The number of furan rings is 1. The van der Waals surface area contributed by atoms with Crippen molar-refractivity contribution in [3.8, 4) is 5.75 Å². The largest absolute Gasteiger partial charge is 0.507 e. The maximum absolute atomic E-state index is 13.1. The predicted octanol–water partition coefficient (Wildman–Crippen LogP) is 4.39. The molecule has 3 aromatic rings. The topological polar surface area (TPSA) is 92.9 Å². The second-order valence-electron chi connectivity index (χ2n) is 7.93. The molecule has 32 heavy (non-hydrogen) atoms. The SMILES string of the molecule is Cc1ccc(C2/C(=C(/O)c3cccc(OC(C)C)c3)C(=O)C(=O)N2Cc2cccnc2)o1. The van der Waals surface area contributed by atoms with Crippen LogP contribution in [-0.4, -0.2) is 32.8 Å². The third kappa shape index (κ3) is 4.14. The molecule has 3 heterocycles. The highest BCUT2D eigenvalue weighted by molar-refractivity contribution is 6.46. The first-order valence-electron chi connectivity index (χ1n) is 10.4. The zero-order chi connectivity index (χ0) is 22.8. The summed E-state index contributed by atoms with van der Waals surface area (Å²) in [6, 6.07) is 13.0. The van der Waals surface area contributed by atoms with Crippen molar-refractivity contribution in [2.75, 3.05) is 0 Å². The van der Waals surface area contributed by atoms with Crippen LogP contribution in [-0.2, 0) is 16.1 Å². The quantitative estimate of drug-likeness (QED) is 0.353. The maximum atomic E-state index is 13.1. The minimum atomic E-state index is -0.862. The predicted molar refractivity (Wildman–Crippen MR) is 118 cm³/mol. The van der Waals surface area contributed by atoms with Gasteiger partial charge in [-0.05, 0) is 56.7 Å². The second-order valence-corrected chi connectivity index (χ2v) is 7.93. The van der Waals surface area contributed by atoms with Crippen molar-refractivity contribution in [1.82, 2.24) is 9.88 Å². The molecule has 7 nitrogen and oxygen atoms in total. The molecular formula is C25H24N2O5. The van der Waals surface area contributed by atoms with Crippen LogP contribution >= 0.6 is 0 Å². The molecule has 0 bridgehead atoms. The van der Waals surface area contributed by atoms with E-state index < -0.39 is 17.7 Å². The molecule has 1 amide bonds. The number of hydrogen-bond donors (Lipinski definition) is 1. The van der Waals surface area contributed by atoms with E-state index in [1.54, 1.807) is 61.8 Å². The summed E-state index contributed by atoms with van der Waals surface area (Å²) < 4.78 is 11.5. The lowest BCUT2D eigenvalue weighted by atomic mass is 9.99. The number of rotatable bonds is 6. The molecule has 1 fully saturated rings. The summed E-state index contributed by atoms with van der Waals surface area (Å²) >= 11 is 0. The second kappa shape index (κ2) is 8.70. The van der Waals surface area contributed by atoms with Gasteiger partial charge in [0.1, 0.15) is 29.1 Å². The van der Waals surface area contributed by atoms with Gasteiger partial charge in [-0.1, -0.05) is 18.2 Å². The number of aliphatic hydroxyl groups excluding tert-OH is 1. The number of hydrogen-bond acceptors (Lipinski definition) is 6. The summed E-state index contributed by atoms with van der Waals surface area (Å²) in [7, 11) is 0. The summed E-state index contributed by atoms with van der Waals surface area (Å²) in [5, 5.41) is 11.2. The summed E-state index contributed by atoms with van der Waals surface area (Å²) in [5.74, 6) is -0.144. The van der Waals surface area contributed by atoms with E-state index in [-0.39, 0.29) is 24.0 Å². The van der Waals surface area contributed by atoms with Crippen LogP contribution in [0.15, 0.2) is 70.9 Å². The van der Waals surface area contributed by atoms with Crippen LogP contribution in [0.2, 0.25) is 0 Å². The van der Waals surface area contributed by atoms with E-state index >= 15 is 0 Å². The van der Waals surface area contributed by atoms with Crippen molar-refractivity contribution in [2.24, 2.45) is 0 Å². The van der Waals surface area contributed by atoms with E-state index in [2.05, 4.69) is 4.98 Å². The fourth-order valence-electron chi connectivity index (χ4n) is 3.77. The Morgan fingerprint density at radius 2 is 2.00 bits per heavy atom. The van der Waals surface area contributed by atoms with Gasteiger partial charge in [-0.3, -0.25) is 14.6 Å². The van der Waals surface area contributed by atoms with Crippen molar-refractivity contribution >= 4 is 17.4 Å². The smallest absolute Gasteiger partial charge is 0.296 e. The third-order valence-electron chi connectivity index (χ3n) is 5.13. The monoisotopic (exact) mass is 432 g/mol. The number of likely N-dealkylation sites (tertiary alicyclic amines) is 1. The molecule has 4 rings (SSSR count). The van der Waals surface area contributed by atoms with Crippen LogP contribution in [0.1, 0.15) is 42.5 Å². The van der Waals surface area contributed by atoms with Gasteiger partial charge >= 0.3 is 0 Å². The minimum absolute atomic E-state index is 0.0186. The van der Waals surface area contributed by atoms with Crippen molar-refractivity contribution in [2.45, 2.75) is 39.5 Å². The lowest BCUT2D eigenvalue weighted by molar-refractivity contribution is -0.140. The molecule has 1 aliphatic heterocycles. The average molecular weight is 432 g/mol. The number of carbonyl (C=O) groups is 2. The number of Topliss-reactive ketones (excluding diaryl/α,β-unsaturated/α-hetero) is 1. The van der Waals surface area contributed by atoms with Crippen molar-refractivity contribution in [3.63, 3.8) is 0 Å². The first kappa shape index (κ1) is 21.4. The van der Waals surface area contributed by atoms with Crippen molar-refractivity contribution < 1.29 is 23.8 Å². The van der Waals surface area contributed by atoms with E-state index in [4.69, 9.17) is 9.15 Å². The highest BCUT2D eigenvalue weighted by Crippen LogP contribution is 2.41. The van der Waals surface area contributed by atoms with E-state index in [0.717, 1.165) is 5.56 Å². The highest BCUT2D eigenvalue weighted by Gasteiger charge is 2.47. The van der Waals surface area contributed by atoms with Crippen molar-refractivity contribution in [3.05, 3.63) is 89.1 Å². The van der Waals surface area contributed by atoms with Gasteiger partial charge in [0.15, 0.2) is 0 Å². The van der Waals surface area contributed by atoms with Crippen LogP contribution in [0.4, 0.5) is 0 Å². The summed E-state index contributed by atoms with van der Waals surface area (Å²) in [6.07, 6.45) is 3.22. The lowest BCUT2D eigenvalue weighted by Gasteiger charge is -2.23. The van der Waals surface area contributed by atoms with Gasteiger partial charge < -0.3 is 19.2 Å². The first-order chi connectivity index (χ1) is 15.3. The number of pyridine rings is 1. The van der Waals surface area contributed by atoms with Crippen LogP contribution in [0.3, 0.4) is 0 Å². The molecule has 0 aliphatic carbocycles. The molecule has 0 saturated carbocycles. The number of nitrogens with zero attached hydrogens (tertiary/aromatic N) is 2. The number of ether oxygens (including phenoxy) is 1. The molecule has 0 radical (unpaired) electrons. The number of aliphatic hydroxyl groups is 1. The van der Waals surface area contributed by atoms with Gasteiger partial charge in [-0.2, -0.15) is 0 Å². The number of aryl methyl sites for hydroxylation is 1. The molecule has 2 aromatic heterocycles. The fourth-order valence-corrected chi connectivity index (χ4v) is 3.77. The number of amides is 1. The highest BCUT2D eigenvalue weighted by atomic mass is 16.5. The molecule has 1 aliphatic rings. The molecule has 1 saturated heterocycles. The summed E-state index contributed by atoms with van der Waals surface area (Å²) in [4.78, 5) is 31.6. The molecule has 1 unspecified atom stereocenters. The molecule has 1 aromatic carbocycles. The van der Waals surface area contributed by atoms with E-state index in [9.17, 15) is 14.7 Å². The molecule has 1 atom stereocenters. The standard InChI is InChI=1S/C25H24N2O5/c1-15(2)31-19-8-4-7-18(12-19)23(28)21-22(20-10-9-16(3)32-20)27(25(30)24(21)29)14-17-6-5-11-26-13-17/h4-13,15,22,28H,14H2,1-3H3/b23-21-. The number of aromatic nitrogens is 1. The Morgan fingerprint density at radius 1 is 1.19 bits per heavy atom. The van der Waals surface area contributed by atoms with E-state index in [1.165, 1.54) is 4.90 Å². The lowest BCUT2D eigenvalue weighted by Crippen LogP contribution is -2.29. The molecule has 1 N–H and O–H groups in total. The Hall–Kier alpha value is -3.87. The Morgan fingerprint density at radius 3 is 2.66 bits per heavy atom. The van der Waals surface area contributed by atoms with Crippen LogP contribution in [0, 0.1) is 6.92 Å². The summed E-state index contributed by atoms with van der Waals surface area (Å²) in [6.45, 7) is 5.73. The van der Waals surface area contributed by atoms with E-state index in [0.29, 0.717) is 22.8 Å². The van der Waals surface area contributed by atoms with E-state index in [1.807, 2.05) is 19.9 Å². The average Bonchev–Trinajstić information content (AvgIpc) is 3.30. The van der Waals surface area contributed by atoms with Gasteiger partial charge in [0.05, 0.1) is 11.7 Å². The molecule has 7 heteroatoms. The van der Waals surface area contributed by atoms with Gasteiger partial charge in [0.25, 0.3) is 11.7 Å². The molecular weight excluding hydrogens is 408 g/mol. The number of carbonyl (C=O) groups excluding carboxylic acids is 2. The minimum Gasteiger partial charge on any atom is -0.507 e. The van der Waals surface area contributed by atoms with Gasteiger partial charge in [0, 0.05) is 24.5 Å². The maximum Gasteiger partial charge on any atom is 0.296 e. The Bertz CT molecular complexity index is 1180. The van der Waals surface area contributed by atoms with Crippen LogP contribution in [0.5, 0.6) is 5.75 Å². The Balaban J connectivity index is 1.82. The third-order valence-corrected chi connectivity index (χ3v) is 5.13. The molecule has 0 spiro atoms. The van der Waals surface area contributed by atoms with Crippen LogP contribution < -0.4 is 4.74 Å². The van der Waals surface area contributed by atoms with Gasteiger partial charge in [0.2, 0.25) is 0 Å². The normalized spacial score (nSPS) is 17.9. The Labute approximate surface area is 186 Å². The first-order valence-corrected chi connectivity index (χ1v) is 10.4. The zero-order valence-corrected chi connectivity index (χ0v) is 18.1. The summed E-state index contributed by atoms with van der Waals surface area (Å²) in [5.41, 5.74) is 1.13. The van der Waals surface area contributed by atoms with Crippen molar-refractivity contribution in [1.29, 1.82) is 0 Å². The zero-order valence-electron chi connectivity index (χ0n) is 18.1. The molecule has 164 valence electrons. The fraction of sp³-hybridized carbons (Fsp3) is 0.240. The van der Waals surface area contributed by atoms with Gasteiger partial charge in [-0.25, -0.2) is 0 Å². The van der Waals surface area contributed by atoms with Crippen LogP contribution in [0.25, 0.3) is 5.76 Å². The number of benzene rings is 1.